The van der Waals surface area contributed by atoms with Gasteiger partial charge in [0.2, 0.25) is 0 Å². The molecule has 0 atom stereocenters. The Hall–Kier alpha value is -1.56. The summed E-state index contributed by atoms with van der Waals surface area (Å²) in [6.07, 6.45) is 5.39. The zero-order valence-corrected chi connectivity index (χ0v) is 16.3. The van der Waals surface area contributed by atoms with E-state index in [1.165, 1.54) is 12.1 Å². The van der Waals surface area contributed by atoms with Gasteiger partial charge in [-0.25, -0.2) is 4.68 Å². The number of halogens is 2. The molecule has 1 aliphatic carbocycles. The van der Waals surface area contributed by atoms with Crippen LogP contribution in [-0.2, 0) is 12.8 Å². The molecule has 5 nitrogen and oxygen atoms in total. The molecule has 2 aromatic rings. The smallest absolute Gasteiger partial charge is 0.274 e. The molecule has 4 rings (SSSR count). The van der Waals surface area contributed by atoms with Crippen LogP contribution in [0.3, 0.4) is 0 Å². The molecule has 7 heteroatoms. The van der Waals surface area contributed by atoms with Crippen molar-refractivity contribution in [3.8, 4) is 5.69 Å². The number of aromatic nitrogens is 2. The Balaban J connectivity index is 0.00000196. The predicted molar refractivity (Wildman–Crippen MR) is 106 cm³/mol. The summed E-state index contributed by atoms with van der Waals surface area (Å²) in [4.78, 5) is 15.0. The van der Waals surface area contributed by atoms with Crippen molar-refractivity contribution < 1.29 is 4.79 Å². The summed E-state index contributed by atoms with van der Waals surface area (Å²) in [6.45, 7) is 3.21. The molecule has 2 heterocycles. The van der Waals surface area contributed by atoms with Crippen LogP contribution in [0.25, 0.3) is 5.69 Å². The van der Waals surface area contributed by atoms with Crippen molar-refractivity contribution in [2.24, 2.45) is 0 Å². The maximum Gasteiger partial charge on any atom is 0.274 e. The van der Waals surface area contributed by atoms with Gasteiger partial charge in [-0.3, -0.25) is 4.79 Å². The zero-order valence-electron chi connectivity index (χ0n) is 14.7. The molecule has 0 radical (unpaired) electrons. The average molecular weight is 395 g/mol. The van der Waals surface area contributed by atoms with E-state index in [9.17, 15) is 4.79 Å². The molecule has 1 aromatic heterocycles. The third-order valence-electron chi connectivity index (χ3n) is 5.11. The molecule has 0 spiro atoms. The van der Waals surface area contributed by atoms with E-state index in [2.05, 4.69) is 5.32 Å². The molecule has 1 fully saturated rings. The first kappa shape index (κ1) is 19.2. The maximum absolute atomic E-state index is 13.1. The number of rotatable bonds is 2. The van der Waals surface area contributed by atoms with Crippen LogP contribution in [-0.4, -0.2) is 46.8 Å². The molecule has 26 heavy (non-hydrogen) atoms. The van der Waals surface area contributed by atoms with Crippen LogP contribution in [0.4, 0.5) is 0 Å². The number of fused-ring (bicyclic) bond motifs is 1. The number of carbonyl (C=O) groups is 1. The molecule has 0 unspecified atom stereocenters. The van der Waals surface area contributed by atoms with Gasteiger partial charge in [0.05, 0.1) is 5.69 Å². The highest BCUT2D eigenvalue weighted by atomic mass is 35.5. The van der Waals surface area contributed by atoms with Crippen LogP contribution in [0, 0.1) is 0 Å². The van der Waals surface area contributed by atoms with Crippen molar-refractivity contribution in [3.63, 3.8) is 0 Å². The number of carbonyl (C=O) groups excluding carboxylic acids is 1. The van der Waals surface area contributed by atoms with Crippen molar-refractivity contribution in [3.05, 3.63) is 46.2 Å². The van der Waals surface area contributed by atoms with E-state index < -0.39 is 0 Å². The summed E-state index contributed by atoms with van der Waals surface area (Å²) < 4.78 is 1.96. The van der Waals surface area contributed by atoms with Crippen molar-refractivity contribution in [2.75, 3.05) is 26.2 Å². The highest BCUT2D eigenvalue weighted by Crippen LogP contribution is 2.27. The maximum atomic E-state index is 13.1. The van der Waals surface area contributed by atoms with Crippen LogP contribution in [0.15, 0.2) is 24.3 Å². The van der Waals surface area contributed by atoms with Crippen LogP contribution in [0.1, 0.15) is 41.0 Å². The number of nitrogens with zero attached hydrogens (tertiary/aromatic N) is 3. The summed E-state index contributed by atoms with van der Waals surface area (Å²) in [5.74, 6) is 0.0763. The predicted octanol–water partition coefficient (Wildman–Crippen LogP) is 3.26. The Bertz CT molecular complexity index is 767. The minimum absolute atomic E-state index is 0. The van der Waals surface area contributed by atoms with Crippen LogP contribution in [0.2, 0.25) is 5.02 Å². The van der Waals surface area contributed by atoms with E-state index in [1.54, 1.807) is 0 Å². The van der Waals surface area contributed by atoms with Gasteiger partial charge in [0.25, 0.3) is 5.91 Å². The van der Waals surface area contributed by atoms with Gasteiger partial charge >= 0.3 is 0 Å². The fourth-order valence-corrected chi connectivity index (χ4v) is 3.89. The average Bonchev–Trinajstić information content (AvgIpc) is 2.84. The summed E-state index contributed by atoms with van der Waals surface area (Å²) in [6, 6.07) is 7.69. The third-order valence-corrected chi connectivity index (χ3v) is 5.36. The number of hydrogen-bond donors (Lipinski definition) is 1. The number of amides is 1. The summed E-state index contributed by atoms with van der Waals surface area (Å²) >= 11 is 6.03. The molecule has 2 aliphatic rings. The first-order chi connectivity index (χ1) is 12.2. The van der Waals surface area contributed by atoms with Gasteiger partial charge in [0.15, 0.2) is 5.69 Å². The molecular weight excluding hydrogens is 371 g/mol. The van der Waals surface area contributed by atoms with Crippen molar-refractivity contribution in [1.82, 2.24) is 20.0 Å². The number of benzene rings is 1. The fourth-order valence-electron chi connectivity index (χ4n) is 3.76. The second-order valence-electron chi connectivity index (χ2n) is 6.76. The van der Waals surface area contributed by atoms with E-state index >= 15 is 0 Å². The first-order valence-electron chi connectivity index (χ1n) is 9.11. The molecule has 140 valence electrons. The molecule has 1 aromatic carbocycles. The Kier molecular flexibility index (Phi) is 6.22. The third kappa shape index (κ3) is 3.75. The number of hydrogen-bond acceptors (Lipinski definition) is 3. The van der Waals surface area contributed by atoms with E-state index in [0.717, 1.165) is 63.1 Å². The van der Waals surface area contributed by atoms with Gasteiger partial charge in [0, 0.05) is 42.5 Å². The van der Waals surface area contributed by atoms with Gasteiger partial charge in [-0.1, -0.05) is 18.0 Å². The highest BCUT2D eigenvalue weighted by Gasteiger charge is 2.28. The van der Waals surface area contributed by atoms with E-state index in [0.29, 0.717) is 10.7 Å². The van der Waals surface area contributed by atoms with Crippen molar-refractivity contribution in [1.29, 1.82) is 0 Å². The quantitative estimate of drug-likeness (QED) is 0.795. The van der Waals surface area contributed by atoms with Gasteiger partial charge in [-0.15, -0.1) is 12.4 Å². The van der Waals surface area contributed by atoms with Gasteiger partial charge in [0.1, 0.15) is 0 Å². The molecule has 0 bridgehead atoms. The minimum atomic E-state index is 0. The van der Waals surface area contributed by atoms with Gasteiger partial charge in [-0.2, -0.15) is 5.10 Å². The largest absolute Gasteiger partial charge is 0.335 e. The molecule has 0 saturated carbocycles. The molecule has 1 N–H and O–H groups in total. The standard InChI is InChI=1S/C19H23ClN4O.ClH/c20-14-6-8-15(9-7-14)24-17-5-3-1-2-4-16(17)18(22-24)19(25)23-12-10-21-11-13-23;/h6-9,21H,1-5,10-13H2;1H. The number of nitrogens with one attached hydrogen (secondary N) is 1. The van der Waals surface area contributed by atoms with Gasteiger partial charge in [-0.05, 0) is 49.9 Å². The lowest BCUT2D eigenvalue weighted by Gasteiger charge is -2.27. The Labute approximate surface area is 165 Å². The van der Waals surface area contributed by atoms with Crippen LogP contribution >= 0.6 is 24.0 Å². The second kappa shape index (κ2) is 8.42. The lowest BCUT2D eigenvalue weighted by atomic mass is 10.1. The van der Waals surface area contributed by atoms with E-state index in [1.807, 2.05) is 33.8 Å². The summed E-state index contributed by atoms with van der Waals surface area (Å²) in [7, 11) is 0. The topological polar surface area (TPSA) is 50.2 Å². The lowest BCUT2D eigenvalue weighted by Crippen LogP contribution is -2.46. The number of piperazine rings is 1. The Morgan fingerprint density at radius 2 is 1.73 bits per heavy atom. The Morgan fingerprint density at radius 1 is 1.04 bits per heavy atom. The fraction of sp³-hybridized carbons (Fsp3) is 0.474. The van der Waals surface area contributed by atoms with Gasteiger partial charge < -0.3 is 10.2 Å². The monoisotopic (exact) mass is 394 g/mol. The Morgan fingerprint density at radius 3 is 2.46 bits per heavy atom. The first-order valence-corrected chi connectivity index (χ1v) is 9.48. The van der Waals surface area contributed by atoms with Crippen molar-refractivity contribution >= 4 is 29.9 Å². The SMILES string of the molecule is Cl.O=C(c1nn(-c2ccc(Cl)cc2)c2c1CCCCC2)N1CCNCC1. The molecule has 1 aliphatic heterocycles. The summed E-state index contributed by atoms with van der Waals surface area (Å²) in [5, 5.41) is 8.78. The lowest BCUT2D eigenvalue weighted by molar-refractivity contribution is 0.0728. The molecule has 1 amide bonds. The zero-order chi connectivity index (χ0) is 17.2. The van der Waals surface area contributed by atoms with Crippen LogP contribution in [0.5, 0.6) is 0 Å². The minimum Gasteiger partial charge on any atom is -0.335 e. The molecular formula is C19H24Cl2N4O. The van der Waals surface area contributed by atoms with E-state index in [4.69, 9.17) is 16.7 Å². The second-order valence-corrected chi connectivity index (χ2v) is 7.20. The molecule has 1 saturated heterocycles. The normalized spacial score (nSPS) is 17.2. The van der Waals surface area contributed by atoms with E-state index in [-0.39, 0.29) is 18.3 Å². The summed E-state index contributed by atoms with van der Waals surface area (Å²) in [5.41, 5.74) is 3.96. The van der Waals surface area contributed by atoms with Crippen molar-refractivity contribution in [2.45, 2.75) is 32.1 Å². The highest BCUT2D eigenvalue weighted by molar-refractivity contribution is 6.30. The van der Waals surface area contributed by atoms with Crippen LogP contribution < -0.4 is 5.32 Å².